The average molecular weight is 502 g/mol. The molecule has 0 radical (unpaired) electrons. The van der Waals surface area contributed by atoms with Crippen molar-refractivity contribution < 1.29 is 23.8 Å². The van der Waals surface area contributed by atoms with E-state index in [-0.39, 0.29) is 12.1 Å². The van der Waals surface area contributed by atoms with Crippen LogP contribution in [0.2, 0.25) is 0 Å². The molecule has 0 atom stereocenters. The Morgan fingerprint density at radius 1 is 0.889 bits per heavy atom. The Morgan fingerprint density at radius 3 is 2.14 bits per heavy atom. The van der Waals surface area contributed by atoms with Crippen LogP contribution in [0.1, 0.15) is 38.8 Å². The summed E-state index contributed by atoms with van der Waals surface area (Å²) in [6.07, 6.45) is 5.80. The summed E-state index contributed by atoms with van der Waals surface area (Å²) in [5.74, 6) is 0.569. The Bertz CT molecular complexity index is 962. The van der Waals surface area contributed by atoms with Gasteiger partial charge in [-0.1, -0.05) is 24.3 Å². The fourth-order valence-electron chi connectivity index (χ4n) is 4.29. The number of nitrogens with zero attached hydrogens (tertiary/aromatic N) is 2. The van der Waals surface area contributed by atoms with E-state index in [4.69, 9.17) is 14.2 Å². The quantitative estimate of drug-likeness (QED) is 0.267. The largest absolute Gasteiger partial charge is 0.475 e. The van der Waals surface area contributed by atoms with Gasteiger partial charge in [0.2, 0.25) is 5.88 Å². The Balaban J connectivity index is 1.36. The van der Waals surface area contributed by atoms with Gasteiger partial charge >= 0.3 is 0 Å². The minimum absolute atomic E-state index is 0.111. The van der Waals surface area contributed by atoms with Crippen LogP contribution in [-0.4, -0.2) is 72.6 Å². The highest BCUT2D eigenvalue weighted by Gasteiger charge is 2.44. The molecule has 198 valence electrons. The standard InChI is InChI=1S/C28H40FN3O4/c1-27(2)19-24(28(3,4)32(27)33)21-30-25-10-7-22(8-11-25)5-6-23-9-12-26(31-20-23)36-18-17-35-16-15-34-14-13-29/h7-12,19-20,30,33H,5-6,13-18,21H2,1-4H3. The van der Waals surface area contributed by atoms with Crippen LogP contribution >= 0.6 is 0 Å². The van der Waals surface area contributed by atoms with E-state index in [1.807, 2.05) is 46.0 Å². The molecule has 2 aromatic rings. The molecule has 36 heavy (non-hydrogen) atoms. The molecule has 1 aromatic carbocycles. The number of anilines is 1. The Hall–Kier alpha value is -2.52. The molecule has 1 aromatic heterocycles. The molecular formula is C28H40FN3O4. The maximum Gasteiger partial charge on any atom is 0.213 e. The summed E-state index contributed by atoms with van der Waals surface area (Å²) in [5, 5.41) is 15.4. The van der Waals surface area contributed by atoms with Gasteiger partial charge in [0.25, 0.3) is 0 Å². The van der Waals surface area contributed by atoms with Gasteiger partial charge in [-0.15, -0.1) is 0 Å². The number of alkyl halides is 1. The van der Waals surface area contributed by atoms with E-state index < -0.39 is 12.2 Å². The monoisotopic (exact) mass is 501 g/mol. The number of benzene rings is 1. The molecule has 1 aliphatic rings. The van der Waals surface area contributed by atoms with Gasteiger partial charge in [-0.05, 0) is 69.4 Å². The summed E-state index contributed by atoms with van der Waals surface area (Å²) >= 11 is 0. The smallest absolute Gasteiger partial charge is 0.213 e. The number of pyridine rings is 1. The lowest BCUT2D eigenvalue weighted by Crippen LogP contribution is -2.48. The zero-order valence-corrected chi connectivity index (χ0v) is 21.9. The molecule has 0 fully saturated rings. The van der Waals surface area contributed by atoms with Crippen molar-refractivity contribution in [3.8, 4) is 5.88 Å². The first-order valence-electron chi connectivity index (χ1n) is 12.6. The van der Waals surface area contributed by atoms with E-state index in [0.29, 0.717) is 38.9 Å². The number of hydrogen-bond acceptors (Lipinski definition) is 7. The van der Waals surface area contributed by atoms with E-state index in [0.717, 1.165) is 24.1 Å². The second kappa shape index (κ2) is 13.1. The van der Waals surface area contributed by atoms with Crippen molar-refractivity contribution in [2.75, 3.05) is 51.6 Å². The molecule has 0 saturated carbocycles. The Kier molecular flexibility index (Phi) is 10.2. The number of hydrogen-bond donors (Lipinski definition) is 2. The zero-order chi connectivity index (χ0) is 26.0. The molecule has 0 saturated heterocycles. The van der Waals surface area contributed by atoms with E-state index >= 15 is 0 Å². The van der Waals surface area contributed by atoms with Gasteiger partial charge in [-0.2, -0.15) is 5.06 Å². The predicted molar refractivity (Wildman–Crippen MR) is 140 cm³/mol. The number of aryl methyl sites for hydroxylation is 2. The van der Waals surface area contributed by atoms with Crippen molar-refractivity contribution in [3.05, 3.63) is 65.4 Å². The topological polar surface area (TPSA) is 76.1 Å². The molecular weight excluding hydrogens is 461 g/mol. The van der Waals surface area contributed by atoms with E-state index in [1.165, 1.54) is 16.2 Å². The molecule has 0 unspecified atom stereocenters. The first-order chi connectivity index (χ1) is 17.2. The van der Waals surface area contributed by atoms with Crippen LogP contribution in [0.25, 0.3) is 0 Å². The molecule has 1 aliphatic heterocycles. The van der Waals surface area contributed by atoms with Gasteiger partial charge in [0.05, 0.1) is 37.5 Å². The predicted octanol–water partition coefficient (Wildman–Crippen LogP) is 4.85. The summed E-state index contributed by atoms with van der Waals surface area (Å²) in [6.45, 7) is 10.1. The third kappa shape index (κ3) is 8.00. The van der Waals surface area contributed by atoms with E-state index in [1.54, 1.807) is 0 Å². The van der Waals surface area contributed by atoms with Gasteiger partial charge in [-0.25, -0.2) is 9.37 Å². The molecule has 2 N–H and O–H groups in total. The van der Waals surface area contributed by atoms with Gasteiger partial charge < -0.3 is 24.7 Å². The molecule has 3 rings (SSSR count). The fourth-order valence-corrected chi connectivity index (χ4v) is 4.29. The molecule has 2 heterocycles. The van der Waals surface area contributed by atoms with Crippen molar-refractivity contribution >= 4 is 5.69 Å². The Morgan fingerprint density at radius 2 is 1.53 bits per heavy atom. The fraction of sp³-hybridized carbons (Fsp3) is 0.536. The average Bonchev–Trinajstić information content (AvgIpc) is 3.03. The second-order valence-corrected chi connectivity index (χ2v) is 10.0. The lowest BCUT2D eigenvalue weighted by molar-refractivity contribution is -0.185. The molecule has 7 nitrogen and oxygen atoms in total. The summed E-state index contributed by atoms with van der Waals surface area (Å²) in [4.78, 5) is 4.37. The van der Waals surface area contributed by atoms with Crippen molar-refractivity contribution in [3.63, 3.8) is 0 Å². The van der Waals surface area contributed by atoms with Crippen LogP contribution in [-0.2, 0) is 22.3 Å². The number of rotatable bonds is 15. The first kappa shape index (κ1) is 28.1. The van der Waals surface area contributed by atoms with Gasteiger partial charge in [0.15, 0.2) is 0 Å². The van der Waals surface area contributed by atoms with Crippen LogP contribution in [0.3, 0.4) is 0 Å². The van der Waals surface area contributed by atoms with Crippen molar-refractivity contribution in [2.24, 2.45) is 0 Å². The lowest BCUT2D eigenvalue weighted by Gasteiger charge is -2.36. The maximum atomic E-state index is 11.9. The molecule has 0 bridgehead atoms. The minimum atomic E-state index is -0.476. The molecule has 0 amide bonds. The van der Waals surface area contributed by atoms with Gasteiger partial charge in [0.1, 0.15) is 13.3 Å². The molecule has 0 spiro atoms. The molecule has 0 aliphatic carbocycles. The van der Waals surface area contributed by atoms with E-state index in [2.05, 4.69) is 40.6 Å². The first-order valence-corrected chi connectivity index (χ1v) is 12.6. The number of aromatic nitrogens is 1. The molecule has 8 heteroatoms. The SMILES string of the molecule is CC1(C)C=C(CNc2ccc(CCc3ccc(OCCOCCOCCF)nc3)cc2)C(C)(C)N1O. The summed E-state index contributed by atoms with van der Waals surface area (Å²) in [6, 6.07) is 12.4. The zero-order valence-electron chi connectivity index (χ0n) is 21.9. The number of hydroxylamine groups is 2. The van der Waals surface area contributed by atoms with Crippen LogP contribution in [0.15, 0.2) is 54.2 Å². The van der Waals surface area contributed by atoms with Crippen LogP contribution < -0.4 is 10.1 Å². The van der Waals surface area contributed by atoms with Crippen molar-refractivity contribution in [1.82, 2.24) is 10.0 Å². The van der Waals surface area contributed by atoms with Gasteiger partial charge in [-0.3, -0.25) is 0 Å². The normalized spacial score (nSPS) is 16.7. The van der Waals surface area contributed by atoms with Crippen LogP contribution in [0.4, 0.5) is 10.1 Å². The highest BCUT2D eigenvalue weighted by atomic mass is 19.1. The van der Waals surface area contributed by atoms with Gasteiger partial charge in [0, 0.05) is 24.5 Å². The third-order valence-electron chi connectivity index (χ3n) is 6.40. The van der Waals surface area contributed by atoms with Crippen molar-refractivity contribution in [1.29, 1.82) is 0 Å². The lowest BCUT2D eigenvalue weighted by atomic mass is 9.96. The minimum Gasteiger partial charge on any atom is -0.475 e. The number of nitrogens with one attached hydrogen (secondary N) is 1. The number of ether oxygens (including phenoxy) is 3. The summed E-state index contributed by atoms with van der Waals surface area (Å²) in [7, 11) is 0. The maximum absolute atomic E-state index is 11.9. The summed E-state index contributed by atoms with van der Waals surface area (Å²) in [5.41, 5.74) is 3.88. The second-order valence-electron chi connectivity index (χ2n) is 10.0. The van der Waals surface area contributed by atoms with Crippen molar-refractivity contribution in [2.45, 2.75) is 51.6 Å². The highest BCUT2D eigenvalue weighted by molar-refractivity contribution is 5.47. The highest BCUT2D eigenvalue weighted by Crippen LogP contribution is 2.38. The van der Waals surface area contributed by atoms with Crippen LogP contribution in [0.5, 0.6) is 5.88 Å². The van der Waals surface area contributed by atoms with E-state index in [9.17, 15) is 9.60 Å². The number of halogens is 1. The Labute approximate surface area is 214 Å². The summed E-state index contributed by atoms with van der Waals surface area (Å²) < 4.78 is 27.9. The third-order valence-corrected chi connectivity index (χ3v) is 6.40. The van der Waals surface area contributed by atoms with Crippen LogP contribution in [0, 0.1) is 0 Å².